The van der Waals surface area contributed by atoms with E-state index in [2.05, 4.69) is 0 Å². The maximum atomic E-state index is 10.6. The van der Waals surface area contributed by atoms with Gasteiger partial charge in [0.2, 0.25) is 0 Å². The summed E-state index contributed by atoms with van der Waals surface area (Å²) >= 11 is 0. The lowest BCUT2D eigenvalue weighted by molar-refractivity contribution is -0.274. The van der Waals surface area contributed by atoms with E-state index in [0.717, 1.165) is 0 Å². The van der Waals surface area contributed by atoms with Gasteiger partial charge < -0.3 is 69.6 Å². The lowest BCUT2D eigenvalue weighted by atomic mass is 10.1. The van der Waals surface area contributed by atoms with Gasteiger partial charge in [0.1, 0.15) is 61.0 Å². The molecule has 0 saturated carbocycles. The third-order valence-electron chi connectivity index (χ3n) is 5.84. The van der Waals surface area contributed by atoms with Gasteiger partial charge in [-0.25, -0.2) is 0 Å². The van der Waals surface area contributed by atoms with Crippen LogP contribution in [0.4, 0.5) is 0 Å². The number of rotatable bonds is 8. The van der Waals surface area contributed by atoms with Crippen molar-refractivity contribution in [2.24, 2.45) is 0 Å². The predicted octanol–water partition coefficient (Wildman–Crippen LogP) is -5.52. The van der Waals surface area contributed by atoms with E-state index in [1.54, 1.807) is 0 Å². The number of hydrogen-bond donors (Lipinski definition) is 9. The van der Waals surface area contributed by atoms with Crippen molar-refractivity contribution in [3.63, 3.8) is 0 Å². The van der Waals surface area contributed by atoms with Crippen LogP contribution in [-0.4, -0.2) is 145 Å². The summed E-state index contributed by atoms with van der Waals surface area (Å²) in [6, 6.07) is 0. The van der Waals surface area contributed by atoms with Crippen molar-refractivity contribution >= 4 is 0 Å². The zero-order valence-corrected chi connectivity index (χ0v) is 17.4. The zero-order chi connectivity index (χ0) is 23.9. The minimum Gasteiger partial charge on any atom is -0.394 e. The molecule has 0 unspecified atom stereocenters. The summed E-state index contributed by atoms with van der Waals surface area (Å²) < 4.78 is 27.0. The molecule has 3 saturated heterocycles. The topological polar surface area (TPSA) is 228 Å². The van der Waals surface area contributed by atoms with Gasteiger partial charge in [0.25, 0.3) is 0 Å². The van der Waals surface area contributed by atoms with Crippen LogP contribution < -0.4 is 0 Å². The normalized spacial score (nSPS) is 50.0. The maximum absolute atomic E-state index is 10.6. The molecule has 3 heterocycles. The molecule has 0 spiro atoms. The van der Waals surface area contributed by atoms with Crippen molar-refractivity contribution in [2.75, 3.05) is 6.61 Å². The molecule has 3 aliphatic heterocycles. The highest BCUT2D eigenvalue weighted by molar-refractivity contribution is 4.97. The fourth-order valence-corrected chi connectivity index (χ4v) is 4.05. The second-order valence-electron chi connectivity index (χ2n) is 8.32. The molecule has 0 aliphatic carbocycles. The van der Waals surface area contributed by atoms with E-state index < -0.39 is 98.7 Å². The SMILES string of the molecule is C[C@@H](O)[C@@H]1O[C@@H](O[C@H]2[C@H](O[C@@H]3[C@@H](O)[C@H]([C@H](O)CO)O[C@H]3O)O[C@@H]([C@@H](C)O)[C@@H]2O)[C@H](O)[C@H]1O. The van der Waals surface area contributed by atoms with E-state index >= 15 is 0 Å². The van der Waals surface area contributed by atoms with Crippen molar-refractivity contribution < 1.29 is 69.6 Å². The Bertz CT molecular complexity index is 606. The standard InChI is InChI=1S/C18H32O14/c1-4(20)11-7(23)8(24)17(29-11)32-15-9(25)12(5(2)21)30-18(15)31-14-10(26)13(6(22)3-19)28-16(14)27/h4-27H,3H2,1-2H3/t4-,5-,6-,7-,8-,9+,10+,11+,12+,13+,14-,15-,16-,17+,18+/m1/s1. The second-order valence-corrected chi connectivity index (χ2v) is 8.32. The van der Waals surface area contributed by atoms with Crippen molar-refractivity contribution in [1.82, 2.24) is 0 Å². The number of hydrogen-bond acceptors (Lipinski definition) is 14. The molecular formula is C18H32O14. The van der Waals surface area contributed by atoms with Gasteiger partial charge in [-0.15, -0.1) is 0 Å². The molecule has 0 aromatic carbocycles. The maximum Gasteiger partial charge on any atom is 0.187 e. The van der Waals surface area contributed by atoms with Crippen LogP contribution in [0.15, 0.2) is 0 Å². The molecule has 15 atom stereocenters. The summed E-state index contributed by atoms with van der Waals surface area (Å²) in [5.41, 5.74) is 0. The second kappa shape index (κ2) is 10.4. The highest BCUT2D eigenvalue weighted by Gasteiger charge is 2.55. The van der Waals surface area contributed by atoms with E-state index in [0.29, 0.717) is 0 Å². The highest BCUT2D eigenvalue weighted by Crippen LogP contribution is 2.35. The number of aliphatic hydroxyl groups excluding tert-OH is 9. The van der Waals surface area contributed by atoms with Crippen LogP contribution in [0.1, 0.15) is 13.8 Å². The quantitative estimate of drug-likeness (QED) is 0.161. The fraction of sp³-hybridized carbons (Fsp3) is 1.00. The van der Waals surface area contributed by atoms with Crippen molar-refractivity contribution in [1.29, 1.82) is 0 Å². The Balaban J connectivity index is 1.75. The molecule has 3 fully saturated rings. The third kappa shape index (κ3) is 4.94. The molecule has 14 nitrogen and oxygen atoms in total. The average molecular weight is 472 g/mol. The molecule has 3 aliphatic rings. The van der Waals surface area contributed by atoms with E-state index in [4.69, 9.17) is 28.8 Å². The molecule has 0 bridgehead atoms. The minimum absolute atomic E-state index is 0.751. The summed E-state index contributed by atoms with van der Waals surface area (Å²) in [5.74, 6) is 0. The van der Waals surface area contributed by atoms with Gasteiger partial charge in [-0.1, -0.05) is 0 Å². The molecule has 0 amide bonds. The van der Waals surface area contributed by atoms with Crippen molar-refractivity contribution in [2.45, 2.75) is 106 Å². The van der Waals surface area contributed by atoms with Crippen LogP contribution in [0.5, 0.6) is 0 Å². The van der Waals surface area contributed by atoms with E-state index in [1.165, 1.54) is 13.8 Å². The first-order chi connectivity index (χ1) is 15.0. The third-order valence-corrected chi connectivity index (χ3v) is 5.84. The lowest BCUT2D eigenvalue weighted by Gasteiger charge is -2.29. The summed E-state index contributed by atoms with van der Waals surface area (Å²) in [6.07, 6.45) is -21.5. The number of ether oxygens (including phenoxy) is 5. The van der Waals surface area contributed by atoms with Gasteiger partial charge in [0.15, 0.2) is 18.9 Å². The molecule has 0 aromatic rings. The van der Waals surface area contributed by atoms with Crippen molar-refractivity contribution in [3.8, 4) is 0 Å². The highest BCUT2D eigenvalue weighted by atomic mass is 16.8. The Labute approximate surface area is 183 Å². The van der Waals surface area contributed by atoms with Crippen LogP contribution in [0.2, 0.25) is 0 Å². The van der Waals surface area contributed by atoms with Crippen LogP contribution in [-0.2, 0) is 23.7 Å². The van der Waals surface area contributed by atoms with Gasteiger partial charge >= 0.3 is 0 Å². The molecular weight excluding hydrogens is 440 g/mol. The number of aliphatic hydroxyl groups is 9. The fourth-order valence-electron chi connectivity index (χ4n) is 4.05. The van der Waals surface area contributed by atoms with Gasteiger partial charge in [-0.05, 0) is 13.8 Å². The van der Waals surface area contributed by atoms with Gasteiger partial charge in [0.05, 0.1) is 18.8 Å². The Hall–Kier alpha value is -0.560. The van der Waals surface area contributed by atoms with Gasteiger partial charge in [-0.3, -0.25) is 0 Å². The van der Waals surface area contributed by atoms with Crippen LogP contribution in [0.3, 0.4) is 0 Å². The molecule has 9 N–H and O–H groups in total. The summed E-state index contributed by atoms with van der Waals surface area (Å²) in [4.78, 5) is 0. The summed E-state index contributed by atoms with van der Waals surface area (Å²) in [7, 11) is 0. The van der Waals surface area contributed by atoms with Crippen molar-refractivity contribution in [3.05, 3.63) is 0 Å². The van der Waals surface area contributed by atoms with Gasteiger partial charge in [-0.2, -0.15) is 0 Å². The van der Waals surface area contributed by atoms with E-state index in [9.17, 15) is 40.9 Å². The zero-order valence-electron chi connectivity index (χ0n) is 17.4. The Kier molecular flexibility index (Phi) is 8.44. The Morgan fingerprint density at radius 1 is 0.656 bits per heavy atom. The molecule has 32 heavy (non-hydrogen) atoms. The smallest absolute Gasteiger partial charge is 0.187 e. The first-order valence-electron chi connectivity index (χ1n) is 10.3. The van der Waals surface area contributed by atoms with E-state index in [1.807, 2.05) is 0 Å². The molecule has 0 radical (unpaired) electrons. The minimum atomic E-state index is -1.74. The monoisotopic (exact) mass is 472 g/mol. The summed E-state index contributed by atoms with van der Waals surface area (Å²) in [5, 5.41) is 89.7. The average Bonchev–Trinajstić information content (AvgIpc) is 3.31. The summed E-state index contributed by atoms with van der Waals surface area (Å²) in [6.45, 7) is 1.92. The van der Waals surface area contributed by atoms with Crippen LogP contribution >= 0.6 is 0 Å². The lowest BCUT2D eigenvalue weighted by Crippen LogP contribution is -2.47. The molecule has 188 valence electrons. The van der Waals surface area contributed by atoms with Crippen LogP contribution in [0.25, 0.3) is 0 Å². The Morgan fingerprint density at radius 3 is 1.69 bits per heavy atom. The first kappa shape index (κ1) is 26.1. The van der Waals surface area contributed by atoms with E-state index in [-0.39, 0.29) is 0 Å². The Morgan fingerprint density at radius 2 is 1.16 bits per heavy atom. The largest absolute Gasteiger partial charge is 0.394 e. The van der Waals surface area contributed by atoms with Crippen LogP contribution in [0, 0.1) is 0 Å². The molecule has 0 aromatic heterocycles. The predicted molar refractivity (Wildman–Crippen MR) is 98.4 cm³/mol. The first-order valence-corrected chi connectivity index (χ1v) is 10.3. The van der Waals surface area contributed by atoms with Gasteiger partial charge in [0, 0.05) is 0 Å². The molecule has 3 rings (SSSR count). The molecule has 14 heteroatoms.